The summed E-state index contributed by atoms with van der Waals surface area (Å²) in [7, 11) is 2.94. The fraction of sp³-hybridized carbons (Fsp3) is 0.409. The molecule has 8 heteroatoms. The summed E-state index contributed by atoms with van der Waals surface area (Å²) in [6.07, 6.45) is 0.168. The van der Waals surface area contributed by atoms with Crippen LogP contribution in [0.4, 0.5) is 0 Å². The number of rotatable bonds is 5. The van der Waals surface area contributed by atoms with Crippen molar-refractivity contribution in [3.8, 4) is 17.2 Å². The molecule has 2 aliphatic rings. The van der Waals surface area contributed by atoms with Crippen LogP contribution < -0.4 is 25.6 Å². The van der Waals surface area contributed by atoms with E-state index in [9.17, 15) is 15.0 Å². The van der Waals surface area contributed by atoms with Crippen LogP contribution in [-0.2, 0) is 4.79 Å². The Labute approximate surface area is 175 Å². The van der Waals surface area contributed by atoms with Crippen LogP contribution in [0.15, 0.2) is 36.4 Å². The summed E-state index contributed by atoms with van der Waals surface area (Å²) in [5.41, 5.74) is 9.53. The van der Waals surface area contributed by atoms with Crippen molar-refractivity contribution < 1.29 is 24.5 Å². The predicted octanol–water partition coefficient (Wildman–Crippen LogP) is 2.24. The van der Waals surface area contributed by atoms with E-state index in [1.54, 1.807) is 12.1 Å². The van der Waals surface area contributed by atoms with Crippen LogP contribution in [0.3, 0.4) is 0 Å². The highest BCUT2D eigenvalue weighted by atomic mass is 16.5. The van der Waals surface area contributed by atoms with Crippen LogP contribution >= 0.6 is 0 Å². The lowest BCUT2D eigenvalue weighted by atomic mass is 9.74. The Morgan fingerprint density at radius 3 is 2.23 bits per heavy atom. The molecule has 0 amide bonds. The Bertz CT molecular complexity index is 908. The average Bonchev–Trinajstić information content (AvgIpc) is 3.17. The van der Waals surface area contributed by atoms with Gasteiger partial charge in [-0.05, 0) is 36.6 Å². The molecule has 30 heavy (non-hydrogen) atoms. The number of carbonyl (C=O) groups is 1. The van der Waals surface area contributed by atoms with E-state index < -0.39 is 11.9 Å². The Morgan fingerprint density at radius 1 is 1.03 bits per heavy atom. The van der Waals surface area contributed by atoms with Crippen molar-refractivity contribution in [2.24, 2.45) is 11.8 Å². The monoisotopic (exact) mass is 413 g/mol. The average molecular weight is 413 g/mol. The number of hydrogen-bond donors (Lipinski definition) is 5. The Hall–Kier alpha value is -2.81. The fourth-order valence-electron chi connectivity index (χ4n) is 4.57. The van der Waals surface area contributed by atoms with Gasteiger partial charge in [0.2, 0.25) is 5.75 Å². The zero-order valence-electron chi connectivity index (χ0n) is 17.2. The number of fused-ring (bicyclic) bond motifs is 1. The number of hydrazine groups is 1. The summed E-state index contributed by atoms with van der Waals surface area (Å²) in [5, 5.41) is 23.7. The SMILES string of the molecule is COc1cc(C2CC(C(=O)O)C3C(NNC3c3ccc(C)cc3)N2)cc(OC)c1O. The summed E-state index contributed by atoms with van der Waals surface area (Å²) in [4.78, 5) is 12.2. The summed E-state index contributed by atoms with van der Waals surface area (Å²) < 4.78 is 10.5. The first-order valence-corrected chi connectivity index (χ1v) is 9.94. The number of carboxylic acids is 1. The standard InChI is InChI=1S/C22H27N3O5/c1-11-4-6-12(7-5-11)19-18-14(22(27)28)10-15(23-21(18)25-24-19)13-8-16(29-2)20(26)17(9-13)30-3/h4-9,14-15,18-19,21,23-26H,10H2,1-3H3,(H,27,28). The van der Waals surface area contributed by atoms with Crippen molar-refractivity contribution in [3.05, 3.63) is 53.1 Å². The highest BCUT2D eigenvalue weighted by Crippen LogP contribution is 2.45. The third-order valence-electron chi connectivity index (χ3n) is 6.16. The first-order chi connectivity index (χ1) is 14.4. The van der Waals surface area contributed by atoms with E-state index in [1.165, 1.54) is 14.2 Å². The van der Waals surface area contributed by atoms with Crippen LogP contribution in [-0.4, -0.2) is 36.6 Å². The number of benzene rings is 2. The molecular weight excluding hydrogens is 386 g/mol. The van der Waals surface area contributed by atoms with Gasteiger partial charge < -0.3 is 19.7 Å². The van der Waals surface area contributed by atoms with Gasteiger partial charge >= 0.3 is 5.97 Å². The molecular formula is C22H27N3O5. The summed E-state index contributed by atoms with van der Waals surface area (Å²) >= 11 is 0. The number of ether oxygens (including phenoxy) is 2. The van der Waals surface area contributed by atoms with Gasteiger partial charge in [-0.1, -0.05) is 29.8 Å². The second-order valence-corrected chi connectivity index (χ2v) is 7.91. The summed E-state index contributed by atoms with van der Waals surface area (Å²) in [6.45, 7) is 2.03. The van der Waals surface area contributed by atoms with E-state index >= 15 is 0 Å². The fourth-order valence-corrected chi connectivity index (χ4v) is 4.57. The molecule has 5 N–H and O–H groups in total. The molecule has 2 saturated heterocycles. The van der Waals surface area contributed by atoms with Crippen LogP contribution in [0.1, 0.15) is 35.2 Å². The van der Waals surface area contributed by atoms with Crippen molar-refractivity contribution >= 4 is 5.97 Å². The molecule has 160 valence electrons. The van der Waals surface area contributed by atoms with Gasteiger partial charge in [-0.3, -0.25) is 10.1 Å². The van der Waals surface area contributed by atoms with Crippen molar-refractivity contribution in [2.75, 3.05) is 14.2 Å². The zero-order valence-corrected chi connectivity index (χ0v) is 17.2. The lowest BCUT2D eigenvalue weighted by Crippen LogP contribution is -2.53. The summed E-state index contributed by atoms with van der Waals surface area (Å²) in [5.74, 6) is -1.06. The van der Waals surface area contributed by atoms with Crippen LogP contribution in [0, 0.1) is 18.8 Å². The van der Waals surface area contributed by atoms with Crippen molar-refractivity contribution in [1.82, 2.24) is 16.2 Å². The molecule has 0 radical (unpaired) electrons. The lowest BCUT2D eigenvalue weighted by Gasteiger charge is -2.39. The van der Waals surface area contributed by atoms with E-state index in [1.807, 2.05) is 31.2 Å². The van der Waals surface area contributed by atoms with E-state index in [0.717, 1.165) is 16.7 Å². The molecule has 2 aromatic rings. The molecule has 0 aromatic heterocycles. The number of aryl methyl sites for hydroxylation is 1. The Morgan fingerprint density at radius 2 is 1.67 bits per heavy atom. The maximum Gasteiger partial charge on any atom is 0.307 e. The first kappa shape index (κ1) is 20.5. The highest BCUT2D eigenvalue weighted by molar-refractivity contribution is 5.71. The van der Waals surface area contributed by atoms with Gasteiger partial charge in [-0.15, -0.1) is 0 Å². The summed E-state index contributed by atoms with van der Waals surface area (Å²) in [6, 6.07) is 11.2. The molecule has 5 unspecified atom stereocenters. The van der Waals surface area contributed by atoms with Crippen LogP contribution in [0.25, 0.3) is 0 Å². The van der Waals surface area contributed by atoms with E-state index in [2.05, 4.69) is 16.2 Å². The molecule has 0 bridgehead atoms. The number of aliphatic carboxylic acids is 1. The van der Waals surface area contributed by atoms with Crippen molar-refractivity contribution in [1.29, 1.82) is 0 Å². The van der Waals surface area contributed by atoms with Gasteiger partial charge in [-0.25, -0.2) is 10.9 Å². The molecule has 4 rings (SSSR count). The van der Waals surface area contributed by atoms with Crippen molar-refractivity contribution in [2.45, 2.75) is 31.6 Å². The third kappa shape index (κ3) is 3.58. The molecule has 0 saturated carbocycles. The molecule has 0 aliphatic carbocycles. The Balaban J connectivity index is 1.65. The zero-order chi connectivity index (χ0) is 21.4. The smallest absolute Gasteiger partial charge is 0.307 e. The highest BCUT2D eigenvalue weighted by Gasteiger charge is 2.49. The molecule has 2 aromatic carbocycles. The quantitative estimate of drug-likeness (QED) is 0.507. The minimum atomic E-state index is -0.822. The number of nitrogens with one attached hydrogen (secondary N) is 3. The molecule has 5 atom stereocenters. The van der Waals surface area contributed by atoms with Gasteiger partial charge in [0.15, 0.2) is 11.5 Å². The topological polar surface area (TPSA) is 112 Å². The molecule has 2 heterocycles. The number of aromatic hydroxyl groups is 1. The molecule has 2 fully saturated rings. The van der Waals surface area contributed by atoms with E-state index in [4.69, 9.17) is 9.47 Å². The van der Waals surface area contributed by atoms with E-state index in [-0.39, 0.29) is 41.4 Å². The minimum Gasteiger partial charge on any atom is -0.502 e. The minimum absolute atomic E-state index is 0.0766. The molecule has 0 spiro atoms. The van der Waals surface area contributed by atoms with Crippen molar-refractivity contribution in [3.63, 3.8) is 0 Å². The van der Waals surface area contributed by atoms with Gasteiger partial charge in [0.1, 0.15) is 0 Å². The van der Waals surface area contributed by atoms with Gasteiger partial charge in [0.25, 0.3) is 0 Å². The second-order valence-electron chi connectivity index (χ2n) is 7.91. The van der Waals surface area contributed by atoms with Crippen LogP contribution in [0.5, 0.6) is 17.2 Å². The van der Waals surface area contributed by atoms with Gasteiger partial charge in [0.05, 0.1) is 32.3 Å². The largest absolute Gasteiger partial charge is 0.502 e. The number of phenols is 1. The van der Waals surface area contributed by atoms with Gasteiger partial charge in [-0.2, -0.15) is 0 Å². The molecule has 2 aliphatic heterocycles. The molecule has 8 nitrogen and oxygen atoms in total. The number of methoxy groups -OCH3 is 2. The normalized spacial score (nSPS) is 28.0. The maximum absolute atomic E-state index is 12.2. The number of phenolic OH excluding ortho intramolecular Hbond substituents is 1. The lowest BCUT2D eigenvalue weighted by molar-refractivity contribution is -0.146. The number of hydrogen-bond acceptors (Lipinski definition) is 7. The number of piperidine rings is 1. The Kier molecular flexibility index (Phi) is 5.55. The predicted molar refractivity (Wildman–Crippen MR) is 110 cm³/mol. The maximum atomic E-state index is 12.2. The number of carboxylic acid groups (broad SMARTS) is 1. The van der Waals surface area contributed by atoms with Crippen LogP contribution in [0.2, 0.25) is 0 Å². The third-order valence-corrected chi connectivity index (χ3v) is 6.16. The first-order valence-electron chi connectivity index (χ1n) is 9.94. The van der Waals surface area contributed by atoms with Gasteiger partial charge in [0, 0.05) is 12.0 Å². The second kappa shape index (κ2) is 8.14. The van der Waals surface area contributed by atoms with E-state index in [0.29, 0.717) is 6.42 Å².